The molecule has 1 aromatic heterocycles. The van der Waals surface area contributed by atoms with Gasteiger partial charge in [-0.3, -0.25) is 4.99 Å². The Hall–Kier alpha value is -3.85. The fourth-order valence-corrected chi connectivity index (χ4v) is 3.81. The van der Waals surface area contributed by atoms with Crippen molar-refractivity contribution in [2.24, 2.45) is 4.99 Å². The monoisotopic (exact) mass is 562 g/mol. The van der Waals surface area contributed by atoms with Gasteiger partial charge in [0, 0.05) is 15.3 Å². The number of carbonyl (C=O) groups excluding carboxylic acids is 1. The first-order valence-electron chi connectivity index (χ1n) is 10.3. The van der Waals surface area contributed by atoms with Gasteiger partial charge in [-0.1, -0.05) is 6.07 Å². The Morgan fingerprint density at radius 1 is 0.971 bits per heavy atom. The maximum Gasteiger partial charge on any atom is 0.343 e. The molecule has 0 aliphatic heterocycles. The van der Waals surface area contributed by atoms with Crippen molar-refractivity contribution < 1.29 is 18.3 Å². The second-order valence-electron chi connectivity index (χ2n) is 7.41. The lowest BCUT2D eigenvalue weighted by molar-refractivity contribution is 0.0734. The molecular formula is C27H16FIN2O3. The van der Waals surface area contributed by atoms with Crippen molar-refractivity contribution in [2.75, 3.05) is 0 Å². The van der Waals surface area contributed by atoms with Crippen molar-refractivity contribution in [1.82, 2.24) is 4.98 Å². The summed E-state index contributed by atoms with van der Waals surface area (Å²) in [5.41, 5.74) is 4.20. The number of halogens is 2. The number of nitrogens with zero attached hydrogens (tertiary/aromatic N) is 2. The van der Waals surface area contributed by atoms with Crippen LogP contribution in [0.4, 0.5) is 10.1 Å². The molecule has 1 heterocycles. The molecule has 34 heavy (non-hydrogen) atoms. The van der Waals surface area contributed by atoms with Gasteiger partial charge in [0.25, 0.3) is 0 Å². The van der Waals surface area contributed by atoms with E-state index in [1.165, 1.54) is 24.3 Å². The number of ether oxygens (including phenoxy) is 1. The Morgan fingerprint density at radius 3 is 2.53 bits per heavy atom. The van der Waals surface area contributed by atoms with Crippen LogP contribution < -0.4 is 4.74 Å². The highest BCUT2D eigenvalue weighted by atomic mass is 127. The summed E-state index contributed by atoms with van der Waals surface area (Å²) in [4.78, 5) is 21.3. The molecule has 0 saturated carbocycles. The van der Waals surface area contributed by atoms with E-state index in [9.17, 15) is 9.18 Å². The van der Waals surface area contributed by atoms with Gasteiger partial charge in [0.15, 0.2) is 5.58 Å². The van der Waals surface area contributed by atoms with Crippen LogP contribution >= 0.6 is 22.6 Å². The number of oxazole rings is 1. The van der Waals surface area contributed by atoms with E-state index < -0.39 is 11.8 Å². The highest BCUT2D eigenvalue weighted by Gasteiger charge is 2.10. The average Bonchev–Trinajstić information content (AvgIpc) is 3.28. The van der Waals surface area contributed by atoms with Crippen LogP contribution in [-0.4, -0.2) is 17.2 Å². The fraction of sp³-hybridized carbons (Fsp3) is 0. The third-order valence-electron chi connectivity index (χ3n) is 4.98. The van der Waals surface area contributed by atoms with Crippen LogP contribution in [0.1, 0.15) is 15.9 Å². The molecule has 5 nitrogen and oxygen atoms in total. The normalized spacial score (nSPS) is 11.2. The summed E-state index contributed by atoms with van der Waals surface area (Å²) in [7, 11) is 0. The molecule has 0 fully saturated rings. The van der Waals surface area contributed by atoms with E-state index in [1.54, 1.807) is 30.5 Å². The lowest BCUT2D eigenvalue weighted by Gasteiger charge is -2.04. The fourth-order valence-electron chi connectivity index (χ4n) is 3.26. The van der Waals surface area contributed by atoms with Crippen LogP contribution in [0.15, 0.2) is 100 Å². The minimum Gasteiger partial charge on any atom is -0.436 e. The molecule has 0 N–H and O–H groups in total. The molecule has 0 saturated heterocycles. The zero-order chi connectivity index (χ0) is 23.5. The number of hydrogen-bond donors (Lipinski definition) is 0. The molecule has 0 radical (unpaired) electrons. The highest BCUT2D eigenvalue weighted by Crippen LogP contribution is 2.28. The molecule has 0 unspecified atom stereocenters. The third kappa shape index (κ3) is 5.04. The standard InChI is InChI=1S/C27H16FIN2O3/c28-20-8-6-18(7-9-20)27(32)33-23-11-4-17(5-12-23)16-30-22-10-13-25-24(15-22)31-26(34-25)19-2-1-3-21(29)14-19/h1-16H. The van der Waals surface area contributed by atoms with Crippen LogP contribution in [0.2, 0.25) is 0 Å². The topological polar surface area (TPSA) is 64.7 Å². The van der Waals surface area contributed by atoms with Gasteiger partial charge in [-0.05, 0) is 113 Å². The number of esters is 1. The smallest absolute Gasteiger partial charge is 0.343 e. The van der Waals surface area contributed by atoms with Gasteiger partial charge in [-0.25, -0.2) is 14.2 Å². The summed E-state index contributed by atoms with van der Waals surface area (Å²) in [5, 5.41) is 0. The molecule has 0 amide bonds. The first-order valence-corrected chi connectivity index (χ1v) is 11.4. The maximum atomic E-state index is 13.0. The molecule has 4 aromatic carbocycles. The molecule has 166 valence electrons. The van der Waals surface area contributed by atoms with Gasteiger partial charge >= 0.3 is 5.97 Å². The summed E-state index contributed by atoms with van der Waals surface area (Å²) in [6, 6.07) is 25.7. The first kappa shape index (κ1) is 22.0. The number of carbonyl (C=O) groups is 1. The van der Waals surface area contributed by atoms with Crippen molar-refractivity contribution in [3.05, 3.63) is 112 Å². The van der Waals surface area contributed by atoms with Crippen molar-refractivity contribution in [2.45, 2.75) is 0 Å². The largest absolute Gasteiger partial charge is 0.436 e. The maximum absolute atomic E-state index is 13.0. The van der Waals surface area contributed by atoms with Crippen LogP contribution in [0.25, 0.3) is 22.6 Å². The van der Waals surface area contributed by atoms with E-state index >= 15 is 0 Å². The van der Waals surface area contributed by atoms with Crippen molar-refractivity contribution >= 4 is 51.6 Å². The number of fused-ring (bicyclic) bond motifs is 1. The zero-order valence-corrected chi connectivity index (χ0v) is 19.8. The molecule has 0 atom stereocenters. The lowest BCUT2D eigenvalue weighted by atomic mass is 10.2. The summed E-state index contributed by atoms with van der Waals surface area (Å²) in [5.74, 6) is 0.000226. The summed E-state index contributed by atoms with van der Waals surface area (Å²) in [6.45, 7) is 0. The van der Waals surface area contributed by atoms with Crippen molar-refractivity contribution in [3.8, 4) is 17.2 Å². The summed E-state index contributed by atoms with van der Waals surface area (Å²) >= 11 is 2.26. The summed E-state index contributed by atoms with van der Waals surface area (Å²) in [6.07, 6.45) is 1.72. The molecule has 5 aromatic rings. The predicted octanol–water partition coefficient (Wildman–Crippen LogP) is 7.21. The van der Waals surface area contributed by atoms with Gasteiger partial charge in [-0.2, -0.15) is 0 Å². The van der Waals surface area contributed by atoms with Crippen molar-refractivity contribution in [1.29, 1.82) is 0 Å². The molecule has 7 heteroatoms. The Balaban J connectivity index is 1.28. The number of aromatic nitrogens is 1. The molecule has 0 aliphatic rings. The Bertz CT molecular complexity index is 1510. The second kappa shape index (κ2) is 9.56. The minimum atomic E-state index is -0.549. The summed E-state index contributed by atoms with van der Waals surface area (Å²) < 4.78 is 25.3. The van der Waals surface area contributed by atoms with Gasteiger partial charge < -0.3 is 9.15 Å². The van der Waals surface area contributed by atoms with Crippen LogP contribution in [0.5, 0.6) is 5.75 Å². The number of hydrogen-bond acceptors (Lipinski definition) is 5. The van der Waals surface area contributed by atoms with Crippen molar-refractivity contribution in [3.63, 3.8) is 0 Å². The highest BCUT2D eigenvalue weighted by molar-refractivity contribution is 14.1. The predicted molar refractivity (Wildman–Crippen MR) is 137 cm³/mol. The third-order valence-corrected chi connectivity index (χ3v) is 5.65. The molecule has 5 rings (SSSR count). The lowest BCUT2D eigenvalue weighted by Crippen LogP contribution is -2.08. The van der Waals surface area contributed by atoms with E-state index in [2.05, 4.69) is 32.6 Å². The quantitative estimate of drug-likeness (QED) is 0.0984. The number of benzene rings is 4. The SMILES string of the molecule is O=C(Oc1ccc(C=Nc2ccc3oc(-c4cccc(I)c4)nc3c2)cc1)c1ccc(F)cc1. The first-order chi connectivity index (χ1) is 16.5. The van der Waals surface area contributed by atoms with E-state index in [1.807, 2.05) is 42.5 Å². The van der Waals surface area contributed by atoms with Crippen LogP contribution in [-0.2, 0) is 0 Å². The second-order valence-corrected chi connectivity index (χ2v) is 8.65. The molecule has 0 spiro atoms. The van der Waals surface area contributed by atoms with E-state index in [-0.39, 0.29) is 5.56 Å². The zero-order valence-electron chi connectivity index (χ0n) is 17.6. The average molecular weight is 562 g/mol. The number of rotatable bonds is 5. The van der Waals surface area contributed by atoms with E-state index in [0.29, 0.717) is 17.2 Å². The Labute approximate surface area is 208 Å². The van der Waals surface area contributed by atoms with Crippen LogP contribution in [0, 0.1) is 9.39 Å². The van der Waals surface area contributed by atoms with Gasteiger partial charge in [-0.15, -0.1) is 0 Å². The van der Waals surface area contributed by atoms with Gasteiger partial charge in [0.2, 0.25) is 5.89 Å². The van der Waals surface area contributed by atoms with Crippen LogP contribution in [0.3, 0.4) is 0 Å². The minimum absolute atomic E-state index is 0.278. The number of aliphatic imine (C=N–C) groups is 1. The molecular weight excluding hydrogens is 546 g/mol. The van der Waals surface area contributed by atoms with E-state index in [4.69, 9.17) is 9.15 Å². The Morgan fingerprint density at radius 2 is 1.76 bits per heavy atom. The van der Waals surface area contributed by atoms with Gasteiger partial charge in [0.1, 0.15) is 17.1 Å². The van der Waals surface area contributed by atoms with E-state index in [0.717, 1.165) is 25.9 Å². The van der Waals surface area contributed by atoms with Gasteiger partial charge in [0.05, 0.1) is 11.3 Å². The Kier molecular flexibility index (Phi) is 6.18. The molecule has 0 bridgehead atoms. The molecule has 0 aliphatic carbocycles.